The van der Waals surface area contributed by atoms with Crippen molar-refractivity contribution in [2.75, 3.05) is 6.54 Å². The Labute approximate surface area is 197 Å². The van der Waals surface area contributed by atoms with Crippen LogP contribution in [0.25, 0.3) is 27.6 Å². The molecular weight excluding hydrogens is 459 g/mol. The van der Waals surface area contributed by atoms with Crippen molar-refractivity contribution in [3.05, 3.63) is 89.9 Å². The van der Waals surface area contributed by atoms with E-state index in [-0.39, 0.29) is 12.5 Å². The summed E-state index contributed by atoms with van der Waals surface area (Å²) >= 11 is 0. The first-order valence-corrected chi connectivity index (χ1v) is 10.7. The molecule has 0 aliphatic rings. The van der Waals surface area contributed by atoms with E-state index in [0.29, 0.717) is 28.1 Å². The van der Waals surface area contributed by atoms with Crippen LogP contribution in [-0.2, 0) is 13.2 Å². The summed E-state index contributed by atoms with van der Waals surface area (Å²) in [5.41, 5.74) is 1.88. The van der Waals surface area contributed by atoms with Crippen molar-refractivity contribution in [1.82, 2.24) is 24.6 Å². The van der Waals surface area contributed by atoms with E-state index in [9.17, 15) is 23.1 Å². The van der Waals surface area contributed by atoms with Gasteiger partial charge in [-0.05, 0) is 54.6 Å². The predicted molar refractivity (Wildman–Crippen MR) is 124 cm³/mol. The number of fused-ring (bicyclic) bond motifs is 3. The molecule has 0 fully saturated rings. The Morgan fingerprint density at radius 2 is 1.86 bits per heavy atom. The van der Waals surface area contributed by atoms with Crippen molar-refractivity contribution in [1.29, 1.82) is 0 Å². The normalized spacial score (nSPS) is 12.8. The lowest BCUT2D eigenvalue weighted by Gasteiger charge is -2.12. The topological polar surface area (TPSA) is 85.0 Å². The molecule has 1 unspecified atom stereocenters. The van der Waals surface area contributed by atoms with Gasteiger partial charge in [-0.2, -0.15) is 18.3 Å². The smallest absolute Gasteiger partial charge is 0.385 e. The van der Waals surface area contributed by atoms with Gasteiger partial charge in [0.25, 0.3) is 5.91 Å². The van der Waals surface area contributed by atoms with Gasteiger partial charge in [-0.15, -0.1) is 0 Å². The molecule has 0 aliphatic carbocycles. The number of nitrogens with zero attached hydrogens (tertiary/aromatic N) is 4. The summed E-state index contributed by atoms with van der Waals surface area (Å²) in [5, 5.41) is 18.9. The van der Waals surface area contributed by atoms with Crippen molar-refractivity contribution in [2.24, 2.45) is 7.05 Å². The molecule has 35 heavy (non-hydrogen) atoms. The first kappa shape index (κ1) is 22.6. The van der Waals surface area contributed by atoms with E-state index in [2.05, 4.69) is 15.4 Å². The number of aliphatic hydroxyl groups excluding tert-OH is 1. The van der Waals surface area contributed by atoms with E-state index in [1.54, 1.807) is 65.1 Å². The van der Waals surface area contributed by atoms with Crippen LogP contribution in [0.3, 0.4) is 0 Å². The number of nitrogens with one attached hydrogen (secondary N) is 1. The number of rotatable bonds is 5. The summed E-state index contributed by atoms with van der Waals surface area (Å²) < 4.78 is 42.4. The van der Waals surface area contributed by atoms with E-state index >= 15 is 0 Å². The third-order valence-electron chi connectivity index (χ3n) is 5.75. The van der Waals surface area contributed by atoms with Crippen LogP contribution < -0.4 is 5.32 Å². The van der Waals surface area contributed by atoms with Crippen LogP contribution in [0.4, 0.5) is 13.2 Å². The highest BCUT2D eigenvalue weighted by molar-refractivity contribution is 6.10. The maximum Gasteiger partial charge on any atom is 0.416 e. The average molecular weight is 479 g/mol. The Hall–Kier alpha value is -4.18. The molecule has 7 nitrogen and oxygen atoms in total. The molecule has 2 aromatic carbocycles. The molecule has 10 heteroatoms. The Morgan fingerprint density at radius 1 is 1.09 bits per heavy atom. The highest BCUT2D eigenvalue weighted by Gasteiger charge is 2.30. The average Bonchev–Trinajstić information content (AvgIpc) is 3.36. The van der Waals surface area contributed by atoms with Gasteiger partial charge < -0.3 is 10.4 Å². The van der Waals surface area contributed by atoms with E-state index in [1.807, 2.05) is 0 Å². The molecule has 0 aliphatic heterocycles. The Morgan fingerprint density at radius 3 is 2.54 bits per heavy atom. The molecular formula is C25H20F3N5O2. The van der Waals surface area contributed by atoms with Crippen LogP contribution in [0.2, 0.25) is 0 Å². The number of benzene rings is 2. The minimum Gasteiger partial charge on any atom is -0.385 e. The second-order valence-electron chi connectivity index (χ2n) is 8.13. The molecule has 1 amide bonds. The van der Waals surface area contributed by atoms with Crippen LogP contribution in [0.15, 0.2) is 73.1 Å². The molecule has 2 N–H and O–H groups in total. The number of halogens is 3. The van der Waals surface area contributed by atoms with Gasteiger partial charge >= 0.3 is 6.18 Å². The molecule has 0 bridgehead atoms. The molecule has 178 valence electrons. The van der Waals surface area contributed by atoms with Gasteiger partial charge in [0.2, 0.25) is 0 Å². The van der Waals surface area contributed by atoms with Gasteiger partial charge in [0.15, 0.2) is 5.65 Å². The first-order valence-electron chi connectivity index (χ1n) is 10.7. The molecule has 3 aromatic heterocycles. The molecule has 5 rings (SSSR count). The lowest BCUT2D eigenvalue weighted by Crippen LogP contribution is -2.28. The van der Waals surface area contributed by atoms with Crippen LogP contribution in [0.1, 0.15) is 27.7 Å². The fourth-order valence-electron chi connectivity index (χ4n) is 4.06. The predicted octanol–water partition coefficient (Wildman–Crippen LogP) is 4.39. The number of amides is 1. The van der Waals surface area contributed by atoms with Gasteiger partial charge in [-0.3, -0.25) is 19.0 Å². The molecule has 5 aromatic rings. The maximum atomic E-state index is 13.0. The Bertz CT molecular complexity index is 1520. The molecule has 0 saturated carbocycles. The number of carbonyl (C=O) groups is 1. The number of aromatic nitrogens is 4. The number of alkyl halides is 3. The largest absolute Gasteiger partial charge is 0.416 e. The van der Waals surface area contributed by atoms with E-state index in [0.717, 1.165) is 22.9 Å². The minimum absolute atomic E-state index is 0.0112. The van der Waals surface area contributed by atoms with Crippen LogP contribution >= 0.6 is 0 Å². The molecule has 0 saturated heterocycles. The maximum absolute atomic E-state index is 13.0. The number of carbonyl (C=O) groups excluding carboxylic acids is 1. The van der Waals surface area contributed by atoms with Gasteiger partial charge in [-0.25, -0.2) is 0 Å². The number of hydrogen-bond donors (Lipinski definition) is 2. The molecule has 0 radical (unpaired) electrons. The van der Waals surface area contributed by atoms with Crippen LogP contribution in [0, 0.1) is 0 Å². The van der Waals surface area contributed by atoms with Gasteiger partial charge in [0.1, 0.15) is 6.10 Å². The van der Waals surface area contributed by atoms with Crippen LogP contribution in [0.5, 0.6) is 0 Å². The molecule has 0 spiro atoms. The van der Waals surface area contributed by atoms with E-state index in [4.69, 9.17) is 0 Å². The fraction of sp³-hybridized carbons (Fsp3) is 0.160. The summed E-state index contributed by atoms with van der Waals surface area (Å²) in [4.78, 5) is 16.9. The monoisotopic (exact) mass is 479 g/mol. The molecule has 3 heterocycles. The zero-order chi connectivity index (χ0) is 24.7. The summed E-state index contributed by atoms with van der Waals surface area (Å²) in [7, 11) is 1.75. The molecule has 1 atom stereocenters. The highest BCUT2D eigenvalue weighted by atomic mass is 19.4. The van der Waals surface area contributed by atoms with Gasteiger partial charge in [0.05, 0.1) is 16.8 Å². The zero-order valence-corrected chi connectivity index (χ0v) is 18.5. The number of aliphatic hydroxyl groups is 1. The standard InChI is InChI=1S/C25H20F3N5O2/c1-32-14-19-18-12-15(24(35)30-13-22(34)20-4-2-3-11-29-20)5-10-21(18)33(23(19)31-32)17-8-6-16(7-9-17)25(26,27)28/h2-12,14,22,34H,13H2,1H3,(H,30,35). The fourth-order valence-corrected chi connectivity index (χ4v) is 4.06. The third-order valence-corrected chi connectivity index (χ3v) is 5.75. The third kappa shape index (κ3) is 4.24. The van der Waals surface area contributed by atoms with E-state index in [1.165, 1.54) is 12.1 Å². The van der Waals surface area contributed by atoms with Crippen molar-refractivity contribution in [3.8, 4) is 5.69 Å². The first-order chi connectivity index (χ1) is 16.7. The summed E-state index contributed by atoms with van der Waals surface area (Å²) in [5.74, 6) is -0.374. The van der Waals surface area contributed by atoms with Crippen molar-refractivity contribution >= 4 is 27.8 Å². The summed E-state index contributed by atoms with van der Waals surface area (Å²) in [6.45, 7) is -0.0112. The van der Waals surface area contributed by atoms with E-state index < -0.39 is 17.8 Å². The highest BCUT2D eigenvalue weighted by Crippen LogP contribution is 2.34. The van der Waals surface area contributed by atoms with Crippen molar-refractivity contribution in [3.63, 3.8) is 0 Å². The second kappa shape index (κ2) is 8.55. The second-order valence-corrected chi connectivity index (χ2v) is 8.13. The zero-order valence-electron chi connectivity index (χ0n) is 18.5. The number of aryl methyl sites for hydroxylation is 1. The Kier molecular flexibility index (Phi) is 5.52. The lowest BCUT2D eigenvalue weighted by atomic mass is 10.1. The van der Waals surface area contributed by atoms with Crippen LogP contribution in [-0.4, -0.2) is 36.9 Å². The summed E-state index contributed by atoms with van der Waals surface area (Å²) in [6.07, 6.45) is -2.02. The Balaban J connectivity index is 1.49. The van der Waals surface area contributed by atoms with Gasteiger partial charge in [-0.1, -0.05) is 6.07 Å². The SMILES string of the molecule is Cn1cc2c3cc(C(=O)NCC(O)c4ccccn4)ccc3n(-c3ccc(C(F)(F)F)cc3)c2n1. The van der Waals surface area contributed by atoms with Gasteiger partial charge in [0, 0.05) is 48.0 Å². The number of pyridine rings is 1. The minimum atomic E-state index is -4.43. The summed E-state index contributed by atoms with van der Waals surface area (Å²) in [6, 6.07) is 15.1. The van der Waals surface area contributed by atoms with Crippen molar-refractivity contribution in [2.45, 2.75) is 12.3 Å². The number of hydrogen-bond acceptors (Lipinski definition) is 4. The van der Waals surface area contributed by atoms with Crippen molar-refractivity contribution < 1.29 is 23.1 Å². The quantitative estimate of drug-likeness (QED) is 0.392. The lowest BCUT2D eigenvalue weighted by molar-refractivity contribution is -0.137.